The van der Waals surface area contributed by atoms with E-state index in [1.807, 2.05) is 24.4 Å². The Hall–Kier alpha value is -2.64. The maximum atomic E-state index is 12.8. The largest absolute Gasteiger partial charge is 0.507 e. The lowest BCUT2D eigenvalue weighted by Crippen LogP contribution is -2.31. The highest BCUT2D eigenvalue weighted by Gasteiger charge is 2.46. The summed E-state index contributed by atoms with van der Waals surface area (Å²) in [5, 5.41) is 12.9. The molecule has 1 aromatic carbocycles. The number of amides is 1. The number of nitrogens with zero attached hydrogens (tertiary/aromatic N) is 1. The first kappa shape index (κ1) is 20.1. The molecule has 1 fully saturated rings. The van der Waals surface area contributed by atoms with Gasteiger partial charge < -0.3 is 19.5 Å². The summed E-state index contributed by atoms with van der Waals surface area (Å²) >= 11 is 1.45. The third-order valence-electron chi connectivity index (χ3n) is 4.79. The third-order valence-corrected chi connectivity index (χ3v) is 5.71. The number of methoxy groups -OCH3 is 2. The van der Waals surface area contributed by atoms with Gasteiger partial charge in [-0.25, -0.2) is 0 Å². The van der Waals surface area contributed by atoms with Crippen molar-refractivity contribution in [1.29, 1.82) is 0 Å². The molecule has 3 rings (SSSR count). The van der Waals surface area contributed by atoms with E-state index >= 15 is 0 Å². The molecule has 6 nitrogen and oxygen atoms in total. The molecule has 1 aliphatic heterocycles. The summed E-state index contributed by atoms with van der Waals surface area (Å²) in [6.45, 7) is 2.68. The third kappa shape index (κ3) is 3.68. The van der Waals surface area contributed by atoms with E-state index in [0.29, 0.717) is 30.9 Å². The number of benzene rings is 1. The van der Waals surface area contributed by atoms with Gasteiger partial charge in [-0.15, -0.1) is 11.3 Å². The summed E-state index contributed by atoms with van der Waals surface area (Å²) in [7, 11) is 3.16. The average Bonchev–Trinajstić information content (AvgIpc) is 3.30. The highest BCUT2D eigenvalue weighted by Crippen LogP contribution is 2.41. The van der Waals surface area contributed by atoms with Gasteiger partial charge in [-0.3, -0.25) is 9.59 Å². The van der Waals surface area contributed by atoms with Crippen molar-refractivity contribution in [1.82, 2.24) is 4.90 Å². The highest BCUT2D eigenvalue weighted by molar-refractivity contribution is 7.10. The quantitative estimate of drug-likeness (QED) is 0.332. The van der Waals surface area contributed by atoms with Gasteiger partial charge in [-0.2, -0.15) is 0 Å². The molecule has 28 heavy (non-hydrogen) atoms. The first-order chi connectivity index (χ1) is 13.5. The number of ether oxygens (including phenoxy) is 2. The zero-order valence-electron chi connectivity index (χ0n) is 16.1. The molecule has 1 aliphatic rings. The van der Waals surface area contributed by atoms with Crippen molar-refractivity contribution in [3.8, 4) is 5.75 Å². The van der Waals surface area contributed by atoms with Crippen LogP contribution in [0.2, 0.25) is 0 Å². The van der Waals surface area contributed by atoms with Gasteiger partial charge in [-0.05, 0) is 48.6 Å². The Kier molecular flexibility index (Phi) is 6.16. The van der Waals surface area contributed by atoms with Crippen LogP contribution in [0, 0.1) is 6.92 Å². The minimum absolute atomic E-state index is 0.123. The number of rotatable bonds is 7. The van der Waals surface area contributed by atoms with Crippen molar-refractivity contribution in [2.75, 3.05) is 27.4 Å². The van der Waals surface area contributed by atoms with Crippen LogP contribution in [0.3, 0.4) is 0 Å². The monoisotopic (exact) mass is 401 g/mol. The molecule has 1 atom stereocenters. The number of thiophene rings is 1. The molecule has 0 spiro atoms. The topological polar surface area (TPSA) is 76.1 Å². The van der Waals surface area contributed by atoms with Gasteiger partial charge in [-0.1, -0.05) is 6.07 Å². The van der Waals surface area contributed by atoms with E-state index in [9.17, 15) is 14.7 Å². The van der Waals surface area contributed by atoms with Gasteiger partial charge in [0, 0.05) is 30.7 Å². The van der Waals surface area contributed by atoms with Gasteiger partial charge in [0.2, 0.25) is 0 Å². The zero-order chi connectivity index (χ0) is 20.3. The number of ketones is 1. The fourth-order valence-corrected chi connectivity index (χ4v) is 4.25. The predicted octanol–water partition coefficient (Wildman–Crippen LogP) is 3.52. The molecule has 0 aliphatic carbocycles. The fraction of sp³-hybridized carbons (Fsp3) is 0.333. The van der Waals surface area contributed by atoms with Crippen molar-refractivity contribution in [2.24, 2.45) is 0 Å². The smallest absolute Gasteiger partial charge is 0.295 e. The van der Waals surface area contributed by atoms with Crippen LogP contribution in [-0.2, 0) is 14.3 Å². The molecule has 0 unspecified atom stereocenters. The molecule has 1 saturated heterocycles. The van der Waals surface area contributed by atoms with E-state index in [1.54, 1.807) is 32.4 Å². The number of carbonyl (C=O) groups excluding carboxylic acids is 2. The normalized spacial score (nSPS) is 18.7. The summed E-state index contributed by atoms with van der Waals surface area (Å²) in [6.07, 6.45) is 0.604. The molecule has 7 heteroatoms. The molecule has 1 N–H and O–H groups in total. The maximum absolute atomic E-state index is 12.8. The van der Waals surface area contributed by atoms with Crippen LogP contribution in [0.4, 0.5) is 0 Å². The molecule has 2 heterocycles. The summed E-state index contributed by atoms with van der Waals surface area (Å²) in [6, 6.07) is 8.35. The Balaban J connectivity index is 2.09. The van der Waals surface area contributed by atoms with Crippen LogP contribution >= 0.6 is 11.3 Å². The minimum Gasteiger partial charge on any atom is -0.507 e. The summed E-state index contributed by atoms with van der Waals surface area (Å²) in [5.74, 6) is -0.763. The predicted molar refractivity (Wildman–Crippen MR) is 108 cm³/mol. The first-order valence-corrected chi connectivity index (χ1v) is 9.83. The second-order valence-corrected chi connectivity index (χ2v) is 7.51. The maximum Gasteiger partial charge on any atom is 0.295 e. The molecule has 1 amide bonds. The number of aliphatic hydroxyl groups is 1. The summed E-state index contributed by atoms with van der Waals surface area (Å²) in [5.41, 5.74) is 1.39. The number of Topliss-reactive ketones (excluding diaryl/α,β-unsaturated/α-hetero) is 1. The van der Waals surface area contributed by atoms with Gasteiger partial charge in [0.05, 0.1) is 18.7 Å². The number of hydrogen-bond acceptors (Lipinski definition) is 6. The van der Waals surface area contributed by atoms with Crippen molar-refractivity contribution in [3.63, 3.8) is 0 Å². The number of carbonyl (C=O) groups is 2. The summed E-state index contributed by atoms with van der Waals surface area (Å²) < 4.78 is 10.3. The Bertz CT molecular complexity index is 904. The van der Waals surface area contributed by atoms with Crippen LogP contribution in [0.25, 0.3) is 5.76 Å². The van der Waals surface area contributed by atoms with Crippen LogP contribution in [0.15, 0.2) is 41.3 Å². The molecule has 0 radical (unpaired) electrons. The van der Waals surface area contributed by atoms with Crippen LogP contribution in [0.5, 0.6) is 5.75 Å². The van der Waals surface area contributed by atoms with E-state index in [0.717, 1.165) is 10.4 Å². The summed E-state index contributed by atoms with van der Waals surface area (Å²) in [4.78, 5) is 27.9. The van der Waals surface area contributed by atoms with Gasteiger partial charge in [0.1, 0.15) is 11.5 Å². The van der Waals surface area contributed by atoms with E-state index in [4.69, 9.17) is 9.47 Å². The lowest BCUT2D eigenvalue weighted by molar-refractivity contribution is -0.140. The fourth-order valence-electron chi connectivity index (χ4n) is 3.41. The second-order valence-electron chi connectivity index (χ2n) is 6.54. The standard InChI is InChI=1S/C21H23NO5S/c1-13-12-14(27-3)7-8-15(13)19(23)17-18(16-6-4-11-28-16)22(9-5-10-26-2)21(25)20(17)24/h4,6-8,11-12,18,23H,5,9-10H2,1-3H3/b19-17+/t18-/m0/s1. The van der Waals surface area contributed by atoms with Crippen molar-refractivity contribution >= 4 is 28.8 Å². The van der Waals surface area contributed by atoms with Crippen molar-refractivity contribution in [3.05, 3.63) is 57.3 Å². The van der Waals surface area contributed by atoms with Gasteiger partial charge in [0.15, 0.2) is 0 Å². The molecule has 0 saturated carbocycles. The lowest BCUT2D eigenvalue weighted by atomic mass is 9.97. The molecule has 148 valence electrons. The Labute approximate surface area is 168 Å². The first-order valence-electron chi connectivity index (χ1n) is 8.95. The number of likely N-dealkylation sites (tertiary alicyclic amines) is 1. The van der Waals surface area contributed by atoms with Gasteiger partial charge >= 0.3 is 0 Å². The number of aliphatic hydroxyl groups excluding tert-OH is 1. The average molecular weight is 401 g/mol. The Morgan fingerprint density at radius 3 is 2.64 bits per heavy atom. The lowest BCUT2D eigenvalue weighted by Gasteiger charge is -2.24. The van der Waals surface area contributed by atoms with Crippen LogP contribution in [-0.4, -0.2) is 49.1 Å². The second kappa shape index (κ2) is 8.58. The minimum atomic E-state index is -0.663. The van der Waals surface area contributed by atoms with Crippen LogP contribution < -0.4 is 4.74 Å². The van der Waals surface area contributed by atoms with E-state index in [1.165, 1.54) is 16.2 Å². The van der Waals surface area contributed by atoms with E-state index in [2.05, 4.69) is 0 Å². The SMILES string of the molecule is COCCCN1C(=O)C(=O)/C(=C(/O)c2ccc(OC)cc2C)[C@@H]1c1cccs1. The Morgan fingerprint density at radius 1 is 1.25 bits per heavy atom. The Morgan fingerprint density at radius 2 is 2.04 bits per heavy atom. The zero-order valence-corrected chi connectivity index (χ0v) is 16.9. The van der Waals surface area contributed by atoms with E-state index < -0.39 is 17.7 Å². The van der Waals surface area contributed by atoms with Crippen LogP contribution in [0.1, 0.15) is 28.5 Å². The molecule has 1 aromatic heterocycles. The van der Waals surface area contributed by atoms with E-state index in [-0.39, 0.29) is 11.3 Å². The molecule has 0 bridgehead atoms. The van der Waals surface area contributed by atoms with Gasteiger partial charge in [0.25, 0.3) is 11.7 Å². The molecular weight excluding hydrogens is 378 g/mol. The van der Waals surface area contributed by atoms with Crippen molar-refractivity contribution in [2.45, 2.75) is 19.4 Å². The number of hydrogen-bond donors (Lipinski definition) is 1. The highest BCUT2D eigenvalue weighted by atomic mass is 32.1. The number of aryl methyl sites for hydroxylation is 1. The molecular formula is C21H23NO5S. The van der Waals surface area contributed by atoms with Crippen molar-refractivity contribution < 1.29 is 24.2 Å². The molecule has 2 aromatic rings.